The van der Waals surface area contributed by atoms with Crippen molar-refractivity contribution in [1.82, 2.24) is 24.0 Å². The Kier molecular flexibility index (Phi) is 8.28. The largest absolute Gasteiger partial charge is 0.378 e. The first-order valence-electron chi connectivity index (χ1n) is 17.4. The number of nitrogens with zero attached hydrogens (tertiary/aromatic N) is 7. The Morgan fingerprint density at radius 3 is 2.63 bits per heavy atom. The van der Waals surface area contributed by atoms with Crippen LogP contribution in [0, 0.1) is 0 Å². The van der Waals surface area contributed by atoms with Crippen LogP contribution in [0.3, 0.4) is 0 Å². The minimum Gasteiger partial charge on any atom is -0.378 e. The third-order valence-electron chi connectivity index (χ3n) is 10.7. The van der Waals surface area contributed by atoms with Gasteiger partial charge < -0.3 is 24.1 Å². The smallest absolute Gasteiger partial charge is 0.274 e. The molecule has 4 aromatic rings. The van der Waals surface area contributed by atoms with E-state index in [0.29, 0.717) is 64.6 Å². The number of aromatic nitrogens is 4. The van der Waals surface area contributed by atoms with Crippen molar-refractivity contribution in [2.75, 3.05) is 54.5 Å². The van der Waals surface area contributed by atoms with E-state index in [-0.39, 0.29) is 11.5 Å². The molecular formula is C37H42N8O4. The Balaban J connectivity index is 1.04. The van der Waals surface area contributed by atoms with Crippen molar-refractivity contribution >= 4 is 35.2 Å². The summed E-state index contributed by atoms with van der Waals surface area (Å²) in [6.07, 6.45) is 10.9. The molecule has 0 radical (unpaired) electrons. The number of pyridine rings is 3. The SMILES string of the molecule is CC[C@H]1CN(C2COC2)CCN1c1ccc(Nc2cc(-c3ccnc(N4CCc5c(cc6n5CCCC6)C4=O)c3C=O)cn(C)c2=O)nc1. The van der Waals surface area contributed by atoms with Crippen molar-refractivity contribution < 1.29 is 14.3 Å². The van der Waals surface area contributed by atoms with Crippen molar-refractivity contribution in [3.05, 3.63) is 81.8 Å². The topological polar surface area (TPSA) is 118 Å². The Morgan fingerprint density at radius 1 is 1.00 bits per heavy atom. The van der Waals surface area contributed by atoms with E-state index in [1.807, 2.05) is 18.3 Å². The van der Waals surface area contributed by atoms with Gasteiger partial charge in [0.25, 0.3) is 11.5 Å². The lowest BCUT2D eigenvalue weighted by molar-refractivity contribution is -0.0698. The molecule has 4 aliphatic rings. The highest BCUT2D eigenvalue weighted by Gasteiger charge is 2.34. The number of rotatable bonds is 8. The first kappa shape index (κ1) is 31.5. The molecule has 4 aliphatic heterocycles. The van der Waals surface area contributed by atoms with E-state index in [1.165, 1.54) is 10.3 Å². The van der Waals surface area contributed by atoms with Gasteiger partial charge in [-0.1, -0.05) is 6.92 Å². The van der Waals surface area contributed by atoms with Gasteiger partial charge in [0.1, 0.15) is 17.3 Å². The van der Waals surface area contributed by atoms with Gasteiger partial charge in [0, 0.05) is 81.6 Å². The second kappa shape index (κ2) is 12.9. The van der Waals surface area contributed by atoms with E-state index in [9.17, 15) is 14.4 Å². The maximum absolute atomic E-state index is 13.8. The van der Waals surface area contributed by atoms with Crippen LogP contribution in [0.2, 0.25) is 0 Å². The molecular weight excluding hydrogens is 620 g/mol. The molecule has 0 bridgehead atoms. The van der Waals surface area contributed by atoms with Gasteiger partial charge in [-0.3, -0.25) is 24.2 Å². The van der Waals surface area contributed by atoms with Gasteiger partial charge in [0.2, 0.25) is 0 Å². The maximum atomic E-state index is 13.8. The van der Waals surface area contributed by atoms with Gasteiger partial charge in [-0.15, -0.1) is 0 Å². The molecule has 254 valence electrons. The zero-order valence-electron chi connectivity index (χ0n) is 28.1. The van der Waals surface area contributed by atoms with Crippen molar-refractivity contribution in [2.45, 2.75) is 57.7 Å². The molecule has 8 rings (SSSR count). The van der Waals surface area contributed by atoms with E-state index in [0.717, 1.165) is 82.7 Å². The molecule has 12 heteroatoms. The molecule has 0 spiro atoms. The molecule has 0 unspecified atom stereocenters. The number of piperazine rings is 1. The van der Waals surface area contributed by atoms with E-state index < -0.39 is 0 Å². The fraction of sp³-hybridized carbons (Fsp3) is 0.432. The highest BCUT2D eigenvalue weighted by molar-refractivity contribution is 6.10. The van der Waals surface area contributed by atoms with E-state index in [1.54, 1.807) is 36.5 Å². The van der Waals surface area contributed by atoms with Crippen molar-refractivity contribution in [3.8, 4) is 11.1 Å². The molecule has 0 aromatic carbocycles. The van der Waals surface area contributed by atoms with Crippen LogP contribution in [0.4, 0.5) is 23.0 Å². The number of hydrogen-bond acceptors (Lipinski definition) is 9. The van der Waals surface area contributed by atoms with Gasteiger partial charge in [-0.05, 0) is 61.6 Å². The Hall–Kier alpha value is -4.81. The van der Waals surface area contributed by atoms with E-state index >= 15 is 0 Å². The normalized spacial score (nSPS) is 19.7. The highest BCUT2D eigenvalue weighted by atomic mass is 16.5. The van der Waals surface area contributed by atoms with Gasteiger partial charge in [-0.2, -0.15) is 0 Å². The number of ether oxygens (including phenoxy) is 1. The Morgan fingerprint density at radius 2 is 1.88 bits per heavy atom. The van der Waals surface area contributed by atoms with Crippen LogP contribution >= 0.6 is 0 Å². The second-order valence-corrected chi connectivity index (χ2v) is 13.6. The van der Waals surface area contributed by atoms with Crippen LogP contribution in [0.25, 0.3) is 11.1 Å². The van der Waals surface area contributed by atoms with Crippen LogP contribution in [0.1, 0.15) is 58.3 Å². The van der Waals surface area contributed by atoms with Gasteiger partial charge >= 0.3 is 0 Å². The Labute approximate surface area is 285 Å². The monoisotopic (exact) mass is 662 g/mol. The number of anilines is 4. The van der Waals surface area contributed by atoms with Crippen molar-refractivity contribution in [3.63, 3.8) is 0 Å². The van der Waals surface area contributed by atoms with Gasteiger partial charge in [0.15, 0.2) is 6.29 Å². The summed E-state index contributed by atoms with van der Waals surface area (Å²) in [5, 5.41) is 3.22. The van der Waals surface area contributed by atoms with Crippen LogP contribution < -0.4 is 20.7 Å². The van der Waals surface area contributed by atoms with Crippen LogP contribution in [-0.4, -0.2) is 87.7 Å². The quantitative estimate of drug-likeness (QED) is 0.279. The first-order chi connectivity index (χ1) is 23.9. The minimum absolute atomic E-state index is 0.131. The third-order valence-corrected chi connectivity index (χ3v) is 10.7. The predicted octanol–water partition coefficient (Wildman–Crippen LogP) is 4.04. The van der Waals surface area contributed by atoms with Crippen LogP contribution in [0.5, 0.6) is 0 Å². The summed E-state index contributed by atoms with van der Waals surface area (Å²) < 4.78 is 9.21. The number of fused-ring (bicyclic) bond motifs is 3. The number of amides is 1. The summed E-state index contributed by atoms with van der Waals surface area (Å²) in [7, 11) is 1.68. The standard InChI is InChI=1S/C37H42N8O4/c1-3-25-20-42(28-22-49-23-28)14-15-43(25)27-7-8-34(39-18-27)40-32-16-24(19-41(2)37(32)48)29-9-11-38-35(31(29)21-46)45-13-10-33-30(36(45)47)17-26-6-4-5-12-44(26)33/h7-9,11,16-19,21,25,28H,3-6,10,12-15,20,22-23H2,1-2H3,(H,39,40)/t25-/m0/s1. The number of carbonyl (C=O) groups is 2. The molecule has 0 saturated carbocycles. The molecule has 2 fully saturated rings. The summed E-state index contributed by atoms with van der Waals surface area (Å²) in [6.45, 7) is 8.19. The molecule has 2 saturated heterocycles. The zero-order chi connectivity index (χ0) is 33.6. The van der Waals surface area contributed by atoms with Gasteiger partial charge in [-0.25, -0.2) is 9.97 Å². The molecule has 12 nitrogen and oxygen atoms in total. The van der Waals surface area contributed by atoms with Crippen molar-refractivity contribution in [2.24, 2.45) is 7.05 Å². The van der Waals surface area contributed by atoms with E-state index in [4.69, 9.17) is 4.74 Å². The summed E-state index contributed by atoms with van der Waals surface area (Å²) in [5.41, 5.74) is 5.71. The number of hydrogen-bond donors (Lipinski definition) is 1. The van der Waals surface area contributed by atoms with Crippen LogP contribution in [0.15, 0.2) is 53.7 Å². The minimum atomic E-state index is -0.227. The fourth-order valence-corrected chi connectivity index (χ4v) is 7.93. The molecule has 1 amide bonds. The van der Waals surface area contributed by atoms with E-state index in [2.05, 4.69) is 42.6 Å². The summed E-state index contributed by atoms with van der Waals surface area (Å²) in [5.74, 6) is 0.751. The fourth-order valence-electron chi connectivity index (χ4n) is 7.93. The molecule has 0 aliphatic carbocycles. The summed E-state index contributed by atoms with van der Waals surface area (Å²) >= 11 is 0. The second-order valence-electron chi connectivity index (χ2n) is 13.6. The molecule has 8 heterocycles. The lowest BCUT2D eigenvalue weighted by atomic mass is 10.0. The average molecular weight is 663 g/mol. The van der Waals surface area contributed by atoms with Gasteiger partial charge in [0.05, 0.1) is 42.3 Å². The molecule has 4 aromatic heterocycles. The van der Waals surface area contributed by atoms with Crippen LogP contribution in [-0.2, 0) is 31.2 Å². The number of carbonyl (C=O) groups excluding carboxylic acids is 2. The molecule has 49 heavy (non-hydrogen) atoms. The number of nitrogens with one attached hydrogen (secondary N) is 1. The first-order valence-corrected chi connectivity index (χ1v) is 17.4. The number of aryl methyl sites for hydroxylation is 2. The lowest BCUT2D eigenvalue weighted by Crippen LogP contribution is -2.60. The highest BCUT2D eigenvalue weighted by Crippen LogP contribution is 2.34. The zero-order valence-corrected chi connectivity index (χ0v) is 28.1. The molecule has 1 atom stereocenters. The third kappa shape index (κ3) is 5.62. The number of aldehydes is 1. The Bertz CT molecular complexity index is 1960. The molecule has 1 N–H and O–H groups in total. The lowest BCUT2D eigenvalue weighted by Gasteiger charge is -2.47. The summed E-state index contributed by atoms with van der Waals surface area (Å²) in [4.78, 5) is 55.6. The maximum Gasteiger partial charge on any atom is 0.274 e. The average Bonchev–Trinajstić information content (AvgIpc) is 3.49. The predicted molar refractivity (Wildman–Crippen MR) is 188 cm³/mol. The summed E-state index contributed by atoms with van der Waals surface area (Å²) in [6, 6.07) is 10.4. The van der Waals surface area contributed by atoms with Crippen molar-refractivity contribution in [1.29, 1.82) is 0 Å².